The van der Waals surface area contributed by atoms with Crippen molar-refractivity contribution in [2.75, 3.05) is 17.7 Å². The molecule has 1 aliphatic rings. The predicted molar refractivity (Wildman–Crippen MR) is 105 cm³/mol. The number of amides is 1. The van der Waals surface area contributed by atoms with E-state index in [1.54, 1.807) is 18.2 Å². The van der Waals surface area contributed by atoms with Gasteiger partial charge in [0.2, 0.25) is 0 Å². The number of hydrogen-bond donors (Lipinski definition) is 2. The largest absolute Gasteiger partial charge is 0.448 e. The van der Waals surface area contributed by atoms with E-state index in [0.717, 1.165) is 0 Å². The first-order valence-electron chi connectivity index (χ1n) is 8.30. The van der Waals surface area contributed by atoms with Crippen molar-refractivity contribution in [3.05, 3.63) is 82.9 Å². The fourth-order valence-corrected chi connectivity index (χ4v) is 3.55. The summed E-state index contributed by atoms with van der Waals surface area (Å²) in [5, 5.41) is 3.06. The third kappa shape index (κ3) is 3.00. The number of fused-ring (bicyclic) bond motifs is 3. The van der Waals surface area contributed by atoms with Crippen molar-refractivity contribution in [2.45, 2.75) is 5.92 Å². The number of rotatable bonds is 3. The molecule has 0 aromatic heterocycles. The second-order valence-corrected chi connectivity index (χ2v) is 6.60. The second kappa shape index (κ2) is 6.73. The van der Waals surface area contributed by atoms with Gasteiger partial charge in [-0.3, -0.25) is 5.32 Å². The second-order valence-electron chi connectivity index (χ2n) is 6.19. The van der Waals surface area contributed by atoms with Gasteiger partial charge < -0.3 is 10.5 Å². The van der Waals surface area contributed by atoms with E-state index in [9.17, 15) is 4.79 Å². The summed E-state index contributed by atoms with van der Waals surface area (Å²) < 4.78 is 5.49. The summed E-state index contributed by atoms with van der Waals surface area (Å²) in [6.45, 7) is 0.250. The van der Waals surface area contributed by atoms with Gasteiger partial charge in [-0.15, -0.1) is 0 Å². The van der Waals surface area contributed by atoms with Gasteiger partial charge in [0, 0.05) is 11.6 Å². The molecule has 1 amide bonds. The number of benzene rings is 3. The minimum atomic E-state index is -0.556. The molecule has 130 valence electrons. The van der Waals surface area contributed by atoms with Crippen LogP contribution in [0.3, 0.4) is 0 Å². The van der Waals surface area contributed by atoms with Gasteiger partial charge in [0.15, 0.2) is 0 Å². The normalized spacial score (nSPS) is 12.3. The van der Waals surface area contributed by atoms with Crippen molar-refractivity contribution >= 4 is 29.1 Å². The summed E-state index contributed by atoms with van der Waals surface area (Å²) in [4.78, 5) is 12.2. The summed E-state index contributed by atoms with van der Waals surface area (Å²) >= 11 is 6.08. The van der Waals surface area contributed by atoms with Gasteiger partial charge in [-0.2, -0.15) is 0 Å². The quantitative estimate of drug-likeness (QED) is 0.621. The number of nitrogens with one attached hydrogen (secondary N) is 1. The van der Waals surface area contributed by atoms with E-state index in [0.29, 0.717) is 16.4 Å². The van der Waals surface area contributed by atoms with E-state index in [-0.39, 0.29) is 12.5 Å². The number of carbonyl (C=O) groups excluding carboxylic acids is 1. The van der Waals surface area contributed by atoms with Gasteiger partial charge in [-0.05, 0) is 40.5 Å². The summed E-state index contributed by atoms with van der Waals surface area (Å²) in [5.74, 6) is 0.0180. The molecule has 0 saturated carbocycles. The number of carbonyl (C=O) groups is 1. The van der Waals surface area contributed by atoms with Gasteiger partial charge in [-0.1, -0.05) is 60.1 Å². The molecule has 26 heavy (non-hydrogen) atoms. The van der Waals surface area contributed by atoms with Crippen LogP contribution in [-0.2, 0) is 4.74 Å². The van der Waals surface area contributed by atoms with Crippen LogP contribution in [0.5, 0.6) is 0 Å². The van der Waals surface area contributed by atoms with E-state index >= 15 is 0 Å². The molecule has 0 spiro atoms. The van der Waals surface area contributed by atoms with Gasteiger partial charge in [0.05, 0.1) is 10.7 Å². The average Bonchev–Trinajstić information content (AvgIpc) is 2.97. The minimum Gasteiger partial charge on any atom is -0.448 e. The van der Waals surface area contributed by atoms with Crippen LogP contribution in [0.1, 0.15) is 17.0 Å². The number of nitrogens with two attached hydrogens (primary N) is 1. The minimum absolute atomic E-state index is 0.0180. The summed E-state index contributed by atoms with van der Waals surface area (Å²) in [5.41, 5.74) is 11.4. The molecule has 3 aromatic rings. The van der Waals surface area contributed by atoms with Crippen LogP contribution >= 0.6 is 11.6 Å². The van der Waals surface area contributed by atoms with Crippen molar-refractivity contribution in [3.63, 3.8) is 0 Å². The van der Waals surface area contributed by atoms with Gasteiger partial charge in [0.25, 0.3) is 0 Å². The molecule has 4 rings (SSSR count). The lowest BCUT2D eigenvalue weighted by Gasteiger charge is -2.15. The predicted octanol–water partition coefficient (Wildman–Crippen LogP) is 5.28. The van der Waals surface area contributed by atoms with Crippen molar-refractivity contribution in [1.82, 2.24) is 0 Å². The van der Waals surface area contributed by atoms with Crippen LogP contribution in [0.2, 0.25) is 5.02 Å². The van der Waals surface area contributed by atoms with Gasteiger partial charge in [-0.25, -0.2) is 4.79 Å². The first-order valence-corrected chi connectivity index (χ1v) is 8.68. The molecule has 4 nitrogen and oxygen atoms in total. The molecular formula is C21H17ClN2O2. The first kappa shape index (κ1) is 16.5. The zero-order chi connectivity index (χ0) is 18.1. The maximum Gasteiger partial charge on any atom is 0.411 e. The first-order chi connectivity index (χ1) is 12.6. The van der Waals surface area contributed by atoms with Crippen molar-refractivity contribution in [3.8, 4) is 11.1 Å². The molecule has 3 N–H and O–H groups in total. The molecule has 0 fully saturated rings. The van der Waals surface area contributed by atoms with Crippen LogP contribution in [0.15, 0.2) is 66.7 Å². The van der Waals surface area contributed by atoms with Crippen LogP contribution < -0.4 is 11.1 Å². The topological polar surface area (TPSA) is 64.3 Å². The maximum absolute atomic E-state index is 12.2. The van der Waals surface area contributed by atoms with Crippen molar-refractivity contribution in [1.29, 1.82) is 0 Å². The number of halogens is 1. The Morgan fingerprint density at radius 1 is 1.00 bits per heavy atom. The molecule has 3 aromatic carbocycles. The highest BCUT2D eigenvalue weighted by Crippen LogP contribution is 2.44. The van der Waals surface area contributed by atoms with Gasteiger partial charge >= 0.3 is 6.09 Å². The molecular weight excluding hydrogens is 348 g/mol. The molecule has 0 aliphatic heterocycles. The fraction of sp³-hybridized carbons (Fsp3) is 0.0952. The Labute approximate surface area is 156 Å². The lowest BCUT2D eigenvalue weighted by Crippen LogP contribution is -2.18. The molecule has 0 saturated heterocycles. The average molecular weight is 365 g/mol. The van der Waals surface area contributed by atoms with Crippen LogP contribution in [0, 0.1) is 0 Å². The highest BCUT2D eigenvalue weighted by Gasteiger charge is 2.29. The van der Waals surface area contributed by atoms with Gasteiger partial charge in [0.1, 0.15) is 6.61 Å². The van der Waals surface area contributed by atoms with Crippen LogP contribution in [0.4, 0.5) is 16.2 Å². The third-order valence-electron chi connectivity index (χ3n) is 4.57. The van der Waals surface area contributed by atoms with E-state index in [1.807, 2.05) is 24.3 Å². The fourth-order valence-electron chi connectivity index (χ4n) is 3.38. The highest BCUT2D eigenvalue weighted by molar-refractivity contribution is 6.33. The van der Waals surface area contributed by atoms with Crippen LogP contribution in [0.25, 0.3) is 11.1 Å². The standard InChI is InChI=1S/C21H17ClN2O2/c22-19-10-9-13(23)11-20(19)24-21(25)26-12-18-16-7-3-1-5-14(16)15-6-2-4-8-17(15)18/h1-11,18H,12,23H2,(H,24,25). The molecule has 1 aliphatic carbocycles. The molecule has 0 bridgehead atoms. The van der Waals surface area contributed by atoms with E-state index in [4.69, 9.17) is 22.1 Å². The van der Waals surface area contributed by atoms with Crippen LogP contribution in [-0.4, -0.2) is 12.7 Å². The zero-order valence-corrected chi connectivity index (χ0v) is 14.7. The van der Waals surface area contributed by atoms with E-state index in [1.165, 1.54) is 22.3 Å². The molecule has 0 unspecified atom stereocenters. The van der Waals surface area contributed by atoms with E-state index < -0.39 is 6.09 Å². The Bertz CT molecular complexity index is 942. The number of hydrogen-bond acceptors (Lipinski definition) is 3. The molecule has 0 atom stereocenters. The summed E-state index contributed by atoms with van der Waals surface area (Å²) in [6.07, 6.45) is -0.556. The Morgan fingerprint density at radius 2 is 1.62 bits per heavy atom. The summed E-state index contributed by atoms with van der Waals surface area (Å²) in [7, 11) is 0. The van der Waals surface area contributed by atoms with Crippen molar-refractivity contribution < 1.29 is 9.53 Å². The Hall–Kier alpha value is -2.98. The number of nitrogen functional groups attached to an aromatic ring is 1. The SMILES string of the molecule is Nc1ccc(Cl)c(NC(=O)OCC2c3ccccc3-c3ccccc32)c1. The molecule has 5 heteroatoms. The lowest BCUT2D eigenvalue weighted by molar-refractivity contribution is 0.158. The zero-order valence-electron chi connectivity index (χ0n) is 13.9. The van der Waals surface area contributed by atoms with E-state index in [2.05, 4.69) is 29.6 Å². The molecule has 0 heterocycles. The smallest absolute Gasteiger partial charge is 0.411 e. The van der Waals surface area contributed by atoms with Crippen molar-refractivity contribution in [2.24, 2.45) is 0 Å². The monoisotopic (exact) mass is 364 g/mol. The number of anilines is 2. The Kier molecular flexibility index (Phi) is 4.27. The highest BCUT2D eigenvalue weighted by atomic mass is 35.5. The maximum atomic E-state index is 12.2. The molecule has 0 radical (unpaired) electrons. The number of ether oxygens (including phenoxy) is 1. The third-order valence-corrected chi connectivity index (χ3v) is 4.90. The summed E-state index contributed by atoms with van der Waals surface area (Å²) in [6, 6.07) is 21.3. The Morgan fingerprint density at radius 3 is 2.27 bits per heavy atom. The Balaban J connectivity index is 1.51. The lowest BCUT2D eigenvalue weighted by atomic mass is 9.98.